The highest BCUT2D eigenvalue weighted by molar-refractivity contribution is 4.59. The van der Waals surface area contributed by atoms with Crippen molar-refractivity contribution in [1.82, 2.24) is 10.2 Å². The molecule has 0 aromatic carbocycles. The summed E-state index contributed by atoms with van der Waals surface area (Å²) >= 11 is 0. The second-order valence-corrected chi connectivity index (χ2v) is 3.96. The average molecular weight is 233 g/mol. The molecule has 0 aromatic rings. The molecular formula is C11H27N3O2. The lowest BCUT2D eigenvalue weighted by Gasteiger charge is -2.21. The summed E-state index contributed by atoms with van der Waals surface area (Å²) in [5.74, 6) is 0. The Morgan fingerprint density at radius 2 is 2.00 bits per heavy atom. The first-order valence-corrected chi connectivity index (χ1v) is 6.03. The van der Waals surface area contributed by atoms with Crippen LogP contribution in [0.2, 0.25) is 0 Å². The standard InChI is InChI=1S/C11H27N3O2/c1-11(15)13-6-4-8-14(7-3-5-12)9-10-16-2/h11,13,15H,3-10,12H2,1-2H3/t11-/m1/s1. The van der Waals surface area contributed by atoms with E-state index >= 15 is 0 Å². The number of hydrogen-bond acceptors (Lipinski definition) is 5. The van der Waals surface area contributed by atoms with E-state index in [0.717, 1.165) is 52.2 Å². The minimum absolute atomic E-state index is 0.420. The third-order valence-electron chi connectivity index (χ3n) is 2.38. The van der Waals surface area contributed by atoms with E-state index in [-0.39, 0.29) is 0 Å². The molecule has 0 radical (unpaired) electrons. The van der Waals surface area contributed by atoms with Gasteiger partial charge < -0.3 is 20.5 Å². The van der Waals surface area contributed by atoms with E-state index in [0.29, 0.717) is 0 Å². The Bertz CT molecular complexity index is 137. The molecule has 5 nitrogen and oxygen atoms in total. The first-order valence-electron chi connectivity index (χ1n) is 6.03. The molecule has 0 unspecified atom stereocenters. The number of nitrogens with two attached hydrogens (primary N) is 1. The van der Waals surface area contributed by atoms with Gasteiger partial charge in [-0.2, -0.15) is 0 Å². The van der Waals surface area contributed by atoms with Crippen molar-refractivity contribution in [2.24, 2.45) is 5.73 Å². The van der Waals surface area contributed by atoms with E-state index in [1.807, 2.05) is 0 Å². The minimum Gasteiger partial charge on any atom is -0.383 e. The molecule has 0 aliphatic rings. The van der Waals surface area contributed by atoms with E-state index in [9.17, 15) is 0 Å². The van der Waals surface area contributed by atoms with Crippen LogP contribution in [0.15, 0.2) is 0 Å². The molecule has 5 heteroatoms. The van der Waals surface area contributed by atoms with Crippen LogP contribution >= 0.6 is 0 Å². The minimum atomic E-state index is -0.420. The molecule has 0 amide bonds. The van der Waals surface area contributed by atoms with Crippen molar-refractivity contribution in [3.63, 3.8) is 0 Å². The third-order valence-corrected chi connectivity index (χ3v) is 2.38. The quantitative estimate of drug-likeness (QED) is 0.335. The SMILES string of the molecule is COCCN(CCCN)CCCN[C@@H](C)O. The summed E-state index contributed by atoms with van der Waals surface area (Å²) in [5.41, 5.74) is 5.50. The number of aliphatic hydroxyl groups excluding tert-OH is 1. The van der Waals surface area contributed by atoms with Gasteiger partial charge in [0.2, 0.25) is 0 Å². The van der Waals surface area contributed by atoms with Gasteiger partial charge in [0, 0.05) is 13.7 Å². The lowest BCUT2D eigenvalue weighted by atomic mass is 10.3. The maximum atomic E-state index is 9.04. The summed E-state index contributed by atoms with van der Waals surface area (Å²) in [6, 6.07) is 0. The number of methoxy groups -OCH3 is 1. The van der Waals surface area contributed by atoms with Crippen molar-refractivity contribution in [3.05, 3.63) is 0 Å². The molecule has 0 aromatic heterocycles. The van der Waals surface area contributed by atoms with Gasteiger partial charge in [0.15, 0.2) is 0 Å². The Morgan fingerprint density at radius 1 is 1.31 bits per heavy atom. The zero-order valence-corrected chi connectivity index (χ0v) is 10.6. The zero-order chi connectivity index (χ0) is 12.2. The number of rotatable bonds is 11. The van der Waals surface area contributed by atoms with Crippen LogP contribution in [0.4, 0.5) is 0 Å². The molecule has 98 valence electrons. The molecule has 0 aliphatic carbocycles. The highest BCUT2D eigenvalue weighted by Gasteiger charge is 2.03. The van der Waals surface area contributed by atoms with E-state index in [2.05, 4.69) is 10.2 Å². The fourth-order valence-electron chi connectivity index (χ4n) is 1.48. The van der Waals surface area contributed by atoms with Gasteiger partial charge in [-0.15, -0.1) is 0 Å². The van der Waals surface area contributed by atoms with Crippen molar-refractivity contribution in [3.8, 4) is 0 Å². The van der Waals surface area contributed by atoms with Crippen molar-refractivity contribution < 1.29 is 9.84 Å². The molecule has 0 spiro atoms. The summed E-state index contributed by atoms with van der Waals surface area (Å²) < 4.78 is 5.07. The van der Waals surface area contributed by atoms with Gasteiger partial charge in [-0.1, -0.05) is 0 Å². The van der Waals surface area contributed by atoms with Gasteiger partial charge in [0.05, 0.1) is 6.61 Å². The normalized spacial score (nSPS) is 13.3. The largest absolute Gasteiger partial charge is 0.383 e. The van der Waals surface area contributed by atoms with Gasteiger partial charge >= 0.3 is 0 Å². The topological polar surface area (TPSA) is 70.8 Å². The third kappa shape index (κ3) is 10.3. The summed E-state index contributed by atoms with van der Waals surface area (Å²) in [4.78, 5) is 2.35. The maximum absolute atomic E-state index is 9.04. The molecular weight excluding hydrogens is 206 g/mol. The smallest absolute Gasteiger partial charge is 0.102 e. The molecule has 0 saturated carbocycles. The number of ether oxygens (including phenoxy) is 1. The summed E-state index contributed by atoms with van der Waals surface area (Å²) in [5, 5.41) is 12.0. The number of aliphatic hydroxyl groups is 1. The molecule has 0 bridgehead atoms. The Balaban J connectivity index is 3.56. The summed E-state index contributed by atoms with van der Waals surface area (Å²) in [7, 11) is 1.72. The van der Waals surface area contributed by atoms with Crippen LogP contribution in [0.25, 0.3) is 0 Å². The molecule has 16 heavy (non-hydrogen) atoms. The number of nitrogens with one attached hydrogen (secondary N) is 1. The first-order chi connectivity index (χ1) is 7.70. The molecule has 0 aliphatic heterocycles. The zero-order valence-electron chi connectivity index (χ0n) is 10.6. The lowest BCUT2D eigenvalue weighted by Crippen LogP contribution is -2.33. The maximum Gasteiger partial charge on any atom is 0.102 e. The van der Waals surface area contributed by atoms with Crippen LogP contribution in [0.3, 0.4) is 0 Å². The summed E-state index contributed by atoms with van der Waals surface area (Å²) in [6.45, 7) is 7.05. The van der Waals surface area contributed by atoms with Crippen molar-refractivity contribution in [2.45, 2.75) is 26.0 Å². The van der Waals surface area contributed by atoms with Gasteiger partial charge in [0.25, 0.3) is 0 Å². The molecule has 4 N–H and O–H groups in total. The van der Waals surface area contributed by atoms with Crippen LogP contribution in [0.5, 0.6) is 0 Å². The monoisotopic (exact) mass is 233 g/mol. The average Bonchev–Trinajstić information content (AvgIpc) is 2.26. The van der Waals surface area contributed by atoms with Crippen molar-refractivity contribution in [1.29, 1.82) is 0 Å². The van der Waals surface area contributed by atoms with Crippen molar-refractivity contribution >= 4 is 0 Å². The molecule has 0 saturated heterocycles. The van der Waals surface area contributed by atoms with E-state index in [4.69, 9.17) is 15.6 Å². The molecule has 0 rings (SSSR count). The summed E-state index contributed by atoms with van der Waals surface area (Å²) in [6.07, 6.45) is 1.63. The fourth-order valence-corrected chi connectivity index (χ4v) is 1.48. The lowest BCUT2D eigenvalue weighted by molar-refractivity contribution is 0.138. The van der Waals surface area contributed by atoms with Crippen LogP contribution in [-0.4, -0.2) is 62.7 Å². The number of hydrogen-bond donors (Lipinski definition) is 3. The van der Waals surface area contributed by atoms with Crippen LogP contribution < -0.4 is 11.1 Å². The van der Waals surface area contributed by atoms with Crippen molar-refractivity contribution in [2.75, 3.05) is 46.4 Å². The predicted molar refractivity (Wildman–Crippen MR) is 66.3 cm³/mol. The van der Waals surface area contributed by atoms with E-state index in [1.54, 1.807) is 14.0 Å². The van der Waals surface area contributed by atoms with Crippen LogP contribution in [0.1, 0.15) is 19.8 Å². The Morgan fingerprint density at radius 3 is 2.56 bits per heavy atom. The second kappa shape index (κ2) is 11.3. The Hall–Kier alpha value is -0.200. The molecule has 1 atom stereocenters. The van der Waals surface area contributed by atoms with E-state index in [1.165, 1.54) is 0 Å². The molecule has 0 fully saturated rings. The van der Waals surface area contributed by atoms with Gasteiger partial charge in [-0.05, 0) is 45.9 Å². The highest BCUT2D eigenvalue weighted by Crippen LogP contribution is 1.94. The predicted octanol–water partition coefficient (Wildman–Crippen LogP) is -0.398. The van der Waals surface area contributed by atoms with Gasteiger partial charge in [-0.25, -0.2) is 0 Å². The second-order valence-electron chi connectivity index (χ2n) is 3.96. The number of nitrogens with zero attached hydrogens (tertiary/aromatic N) is 1. The Kier molecular flexibility index (Phi) is 11.1. The van der Waals surface area contributed by atoms with Gasteiger partial charge in [0.1, 0.15) is 6.23 Å². The molecule has 0 heterocycles. The Labute approximate surface area is 98.9 Å². The van der Waals surface area contributed by atoms with Crippen LogP contribution in [-0.2, 0) is 4.74 Å². The van der Waals surface area contributed by atoms with Gasteiger partial charge in [-0.3, -0.25) is 5.32 Å². The first kappa shape index (κ1) is 15.8. The highest BCUT2D eigenvalue weighted by atomic mass is 16.5. The van der Waals surface area contributed by atoms with E-state index < -0.39 is 6.23 Å². The van der Waals surface area contributed by atoms with Crippen LogP contribution in [0, 0.1) is 0 Å². The fraction of sp³-hybridized carbons (Fsp3) is 1.00.